The van der Waals surface area contributed by atoms with Gasteiger partial charge in [0.25, 0.3) is 15.9 Å². The van der Waals surface area contributed by atoms with Crippen LogP contribution >= 0.6 is 11.3 Å². The first-order valence-electron chi connectivity index (χ1n) is 11.0. The number of sulfonamides is 1. The lowest BCUT2D eigenvalue weighted by atomic mass is 9.97. The standard InChI is InChI=1S/C22H28N4O5S2/c1-25-17(9-11-23-25)20(27)26-13-10-16-18(14-26)32-22(19(16)21(28)31-2)33(29,30)24-12-8-15-6-4-3-5-7-15/h6,9,11,24H,3-5,7-8,10,12-14H2,1-2H3. The number of methoxy groups -OCH3 is 1. The smallest absolute Gasteiger partial charge is 0.340 e. The van der Waals surface area contributed by atoms with E-state index in [-0.39, 0.29) is 28.8 Å². The van der Waals surface area contributed by atoms with Crippen LogP contribution in [0.3, 0.4) is 0 Å². The number of nitrogens with zero attached hydrogens (tertiary/aromatic N) is 3. The van der Waals surface area contributed by atoms with Crippen LogP contribution in [0, 0.1) is 0 Å². The molecule has 2 aliphatic rings. The Morgan fingerprint density at radius 1 is 1.27 bits per heavy atom. The van der Waals surface area contributed by atoms with Crippen LogP contribution < -0.4 is 4.72 Å². The van der Waals surface area contributed by atoms with Crippen molar-refractivity contribution < 1.29 is 22.7 Å². The van der Waals surface area contributed by atoms with Crippen molar-refractivity contribution in [1.82, 2.24) is 19.4 Å². The van der Waals surface area contributed by atoms with Gasteiger partial charge >= 0.3 is 5.97 Å². The molecular formula is C22H28N4O5S2. The van der Waals surface area contributed by atoms with Crippen molar-refractivity contribution in [1.29, 1.82) is 0 Å². The van der Waals surface area contributed by atoms with Gasteiger partial charge in [-0.1, -0.05) is 11.6 Å². The Labute approximate surface area is 197 Å². The number of allylic oxidation sites excluding steroid dienone is 1. The van der Waals surface area contributed by atoms with Gasteiger partial charge in [0, 0.05) is 31.2 Å². The van der Waals surface area contributed by atoms with Gasteiger partial charge in [-0.2, -0.15) is 5.10 Å². The van der Waals surface area contributed by atoms with E-state index in [2.05, 4.69) is 15.9 Å². The number of rotatable bonds is 7. The van der Waals surface area contributed by atoms with Gasteiger partial charge in [-0.3, -0.25) is 9.48 Å². The van der Waals surface area contributed by atoms with E-state index in [1.165, 1.54) is 23.8 Å². The Hall–Kier alpha value is -2.50. The summed E-state index contributed by atoms with van der Waals surface area (Å²) in [6.07, 6.45) is 9.14. The molecule has 1 N–H and O–H groups in total. The number of amides is 1. The van der Waals surface area contributed by atoms with E-state index in [4.69, 9.17) is 4.74 Å². The van der Waals surface area contributed by atoms with Crippen molar-refractivity contribution in [2.75, 3.05) is 20.2 Å². The van der Waals surface area contributed by atoms with E-state index in [0.717, 1.165) is 30.6 Å². The van der Waals surface area contributed by atoms with E-state index in [9.17, 15) is 18.0 Å². The van der Waals surface area contributed by atoms with Crippen LogP contribution in [0.2, 0.25) is 0 Å². The highest BCUT2D eigenvalue weighted by Crippen LogP contribution is 2.37. The van der Waals surface area contributed by atoms with Gasteiger partial charge in [-0.15, -0.1) is 11.3 Å². The number of fused-ring (bicyclic) bond motifs is 1. The lowest BCUT2D eigenvalue weighted by Gasteiger charge is -2.27. The number of hydrogen-bond donors (Lipinski definition) is 1. The maximum atomic E-state index is 13.2. The molecule has 178 valence electrons. The first-order valence-corrected chi connectivity index (χ1v) is 13.3. The number of aromatic nitrogens is 2. The summed E-state index contributed by atoms with van der Waals surface area (Å²) < 4.78 is 35.4. The normalized spacial score (nSPS) is 16.3. The highest BCUT2D eigenvalue weighted by molar-refractivity contribution is 7.91. The second kappa shape index (κ2) is 9.78. The minimum Gasteiger partial charge on any atom is -0.465 e. The molecule has 0 atom stereocenters. The molecule has 0 saturated heterocycles. The van der Waals surface area contributed by atoms with Crippen molar-refractivity contribution in [2.45, 2.75) is 49.3 Å². The van der Waals surface area contributed by atoms with Gasteiger partial charge in [-0.05, 0) is 50.2 Å². The van der Waals surface area contributed by atoms with Crippen LogP contribution in [-0.4, -0.2) is 55.2 Å². The maximum Gasteiger partial charge on any atom is 0.340 e. The summed E-state index contributed by atoms with van der Waals surface area (Å²) in [6.45, 7) is 0.887. The van der Waals surface area contributed by atoms with E-state index < -0.39 is 16.0 Å². The van der Waals surface area contributed by atoms with Gasteiger partial charge in [0.2, 0.25) is 0 Å². The first-order chi connectivity index (χ1) is 15.8. The van der Waals surface area contributed by atoms with E-state index in [1.807, 2.05) is 0 Å². The van der Waals surface area contributed by atoms with Crippen LogP contribution in [0.15, 0.2) is 28.1 Å². The predicted molar refractivity (Wildman–Crippen MR) is 124 cm³/mol. The van der Waals surface area contributed by atoms with Crippen LogP contribution in [0.4, 0.5) is 0 Å². The Balaban J connectivity index is 1.57. The molecule has 4 rings (SSSR count). The summed E-state index contributed by atoms with van der Waals surface area (Å²) in [5, 5.41) is 4.04. The van der Waals surface area contributed by atoms with Gasteiger partial charge < -0.3 is 9.64 Å². The molecule has 1 amide bonds. The lowest BCUT2D eigenvalue weighted by molar-refractivity contribution is 0.0595. The molecule has 3 heterocycles. The number of esters is 1. The number of thiophene rings is 1. The average molecular weight is 493 g/mol. The molecule has 0 fully saturated rings. The van der Waals surface area contributed by atoms with E-state index in [1.54, 1.807) is 24.2 Å². The number of hydrogen-bond acceptors (Lipinski definition) is 7. The third-order valence-corrected chi connectivity index (χ3v) is 9.30. The second-order valence-electron chi connectivity index (χ2n) is 8.23. The molecule has 0 spiro atoms. The summed E-state index contributed by atoms with van der Waals surface area (Å²) >= 11 is 1.04. The summed E-state index contributed by atoms with van der Waals surface area (Å²) in [4.78, 5) is 27.8. The van der Waals surface area contributed by atoms with Crippen molar-refractivity contribution in [3.05, 3.63) is 45.6 Å². The number of carbonyl (C=O) groups is 2. The summed E-state index contributed by atoms with van der Waals surface area (Å²) in [6, 6.07) is 1.65. The Morgan fingerprint density at radius 3 is 2.76 bits per heavy atom. The Morgan fingerprint density at radius 2 is 2.09 bits per heavy atom. The van der Waals surface area contributed by atoms with Crippen molar-refractivity contribution in [2.24, 2.45) is 7.05 Å². The molecule has 0 radical (unpaired) electrons. The zero-order valence-electron chi connectivity index (χ0n) is 18.8. The molecule has 2 aromatic heterocycles. The number of carbonyl (C=O) groups excluding carboxylic acids is 2. The number of aryl methyl sites for hydroxylation is 1. The predicted octanol–water partition coefficient (Wildman–Crippen LogP) is 2.64. The van der Waals surface area contributed by atoms with E-state index >= 15 is 0 Å². The molecule has 11 heteroatoms. The largest absolute Gasteiger partial charge is 0.465 e. The molecule has 1 aliphatic carbocycles. The van der Waals surface area contributed by atoms with Crippen LogP contribution in [-0.2, 0) is 34.8 Å². The molecule has 9 nitrogen and oxygen atoms in total. The van der Waals surface area contributed by atoms with Crippen LogP contribution in [0.1, 0.15) is 63.4 Å². The van der Waals surface area contributed by atoms with Crippen LogP contribution in [0.25, 0.3) is 0 Å². The third kappa shape index (κ3) is 4.90. The third-order valence-electron chi connectivity index (χ3n) is 6.11. The molecular weight excluding hydrogens is 464 g/mol. The van der Waals surface area contributed by atoms with Gasteiger partial charge in [-0.25, -0.2) is 17.9 Å². The van der Waals surface area contributed by atoms with Gasteiger partial charge in [0.1, 0.15) is 9.90 Å². The first kappa shape index (κ1) is 23.7. The fourth-order valence-electron chi connectivity index (χ4n) is 4.34. The lowest BCUT2D eigenvalue weighted by Crippen LogP contribution is -2.36. The molecule has 0 saturated carbocycles. The zero-order valence-corrected chi connectivity index (χ0v) is 20.4. The maximum absolute atomic E-state index is 13.2. The molecule has 0 aromatic carbocycles. The summed E-state index contributed by atoms with van der Waals surface area (Å²) in [5.41, 5.74) is 2.47. The van der Waals surface area contributed by atoms with Gasteiger partial charge in [0.05, 0.1) is 19.2 Å². The topological polar surface area (TPSA) is 111 Å². The monoisotopic (exact) mass is 492 g/mol. The highest BCUT2D eigenvalue weighted by Gasteiger charge is 2.35. The highest BCUT2D eigenvalue weighted by atomic mass is 32.2. The number of nitrogens with one attached hydrogen (secondary N) is 1. The van der Waals surface area contributed by atoms with Crippen molar-refractivity contribution >= 4 is 33.2 Å². The number of ether oxygens (including phenoxy) is 1. The summed E-state index contributed by atoms with van der Waals surface area (Å²) in [5.74, 6) is -0.855. The average Bonchev–Trinajstić information content (AvgIpc) is 3.42. The minimum atomic E-state index is -3.91. The summed E-state index contributed by atoms with van der Waals surface area (Å²) in [7, 11) is -0.966. The molecule has 0 bridgehead atoms. The molecule has 33 heavy (non-hydrogen) atoms. The van der Waals surface area contributed by atoms with Crippen molar-refractivity contribution in [3.8, 4) is 0 Å². The fourth-order valence-corrected chi connectivity index (χ4v) is 7.31. The Bertz CT molecular complexity index is 1200. The molecule has 1 aliphatic heterocycles. The molecule has 0 unspecified atom stereocenters. The molecule has 2 aromatic rings. The quantitative estimate of drug-likeness (QED) is 0.470. The van der Waals surface area contributed by atoms with Gasteiger partial charge in [0.15, 0.2) is 0 Å². The van der Waals surface area contributed by atoms with Crippen molar-refractivity contribution in [3.63, 3.8) is 0 Å². The SMILES string of the molecule is COC(=O)c1c(S(=O)(=O)NCCC2=CCCCC2)sc2c1CCN(C(=O)c1ccnn1C)C2. The second-order valence-corrected chi connectivity index (χ2v) is 11.3. The van der Waals surface area contributed by atoms with Crippen LogP contribution in [0.5, 0.6) is 0 Å². The Kier molecular flexibility index (Phi) is 7.01. The minimum absolute atomic E-state index is 0.0354. The zero-order chi connectivity index (χ0) is 23.6. The fraction of sp³-hybridized carbons (Fsp3) is 0.500. The van der Waals surface area contributed by atoms with E-state index in [0.29, 0.717) is 35.5 Å².